The van der Waals surface area contributed by atoms with Crippen molar-refractivity contribution < 1.29 is 4.39 Å². The van der Waals surface area contributed by atoms with E-state index in [1.165, 1.54) is 0 Å². The highest BCUT2D eigenvalue weighted by Gasteiger charge is 2.06. The molecule has 0 saturated heterocycles. The van der Waals surface area contributed by atoms with Crippen molar-refractivity contribution in [1.82, 2.24) is 4.98 Å². The fourth-order valence-corrected chi connectivity index (χ4v) is 0.918. The van der Waals surface area contributed by atoms with Gasteiger partial charge in [-0.05, 0) is 24.1 Å². The van der Waals surface area contributed by atoms with Crippen LogP contribution in [0.15, 0.2) is 24.5 Å². The molecule has 2 heteroatoms. The maximum atomic E-state index is 13.1. The van der Waals surface area contributed by atoms with Crippen molar-refractivity contribution >= 4 is 0 Å². The second-order valence-corrected chi connectivity index (χ2v) is 2.39. The van der Waals surface area contributed by atoms with Crippen LogP contribution in [0, 0.1) is 6.92 Å². The molecule has 0 N–H and O–H groups in total. The molecule has 0 fully saturated rings. The van der Waals surface area contributed by atoms with Gasteiger partial charge in [-0.25, -0.2) is 4.39 Å². The summed E-state index contributed by atoms with van der Waals surface area (Å²) < 4.78 is 13.1. The van der Waals surface area contributed by atoms with Gasteiger partial charge in [-0.1, -0.05) is 13.3 Å². The monoisotopic (exact) mass is 152 g/mol. The predicted molar refractivity (Wildman–Crippen MR) is 42.7 cm³/mol. The first-order valence-corrected chi connectivity index (χ1v) is 3.68. The van der Waals surface area contributed by atoms with Crippen LogP contribution in [0.4, 0.5) is 4.39 Å². The molecule has 0 aromatic carbocycles. The van der Waals surface area contributed by atoms with E-state index < -0.39 is 6.17 Å². The van der Waals surface area contributed by atoms with E-state index >= 15 is 0 Å². The molecule has 1 atom stereocenters. The molecular formula is C9H11FN. The average Bonchev–Trinajstić information content (AvgIpc) is 2.07. The van der Waals surface area contributed by atoms with Crippen LogP contribution in [0.5, 0.6) is 0 Å². The SMILES string of the molecule is [CH2]CCC(F)c1ccncc1. The van der Waals surface area contributed by atoms with Crippen molar-refractivity contribution in [2.45, 2.75) is 19.0 Å². The summed E-state index contributed by atoms with van der Waals surface area (Å²) >= 11 is 0. The van der Waals surface area contributed by atoms with Crippen molar-refractivity contribution in [3.63, 3.8) is 0 Å². The van der Waals surface area contributed by atoms with Crippen LogP contribution in [0.1, 0.15) is 24.6 Å². The molecule has 1 unspecified atom stereocenters. The average molecular weight is 152 g/mol. The summed E-state index contributed by atoms with van der Waals surface area (Å²) in [6.07, 6.45) is 3.44. The van der Waals surface area contributed by atoms with E-state index in [0.717, 1.165) is 0 Å². The van der Waals surface area contributed by atoms with Gasteiger partial charge in [0.05, 0.1) is 0 Å². The minimum atomic E-state index is -0.879. The van der Waals surface area contributed by atoms with Crippen LogP contribution < -0.4 is 0 Å². The summed E-state index contributed by atoms with van der Waals surface area (Å²) in [6, 6.07) is 3.39. The summed E-state index contributed by atoms with van der Waals surface area (Å²) in [5, 5.41) is 0. The maximum absolute atomic E-state index is 13.1. The van der Waals surface area contributed by atoms with Gasteiger partial charge >= 0.3 is 0 Å². The molecule has 1 radical (unpaired) electrons. The maximum Gasteiger partial charge on any atom is 0.125 e. The molecule has 0 bridgehead atoms. The topological polar surface area (TPSA) is 12.9 Å². The second kappa shape index (κ2) is 4.06. The van der Waals surface area contributed by atoms with E-state index in [9.17, 15) is 4.39 Å². The van der Waals surface area contributed by atoms with E-state index in [1.54, 1.807) is 24.5 Å². The molecule has 0 aliphatic heterocycles. The highest BCUT2D eigenvalue weighted by atomic mass is 19.1. The van der Waals surface area contributed by atoms with Crippen molar-refractivity contribution in [1.29, 1.82) is 0 Å². The summed E-state index contributed by atoms with van der Waals surface area (Å²) in [4.78, 5) is 3.81. The summed E-state index contributed by atoms with van der Waals surface area (Å²) in [7, 11) is 0. The van der Waals surface area contributed by atoms with Crippen LogP contribution in [-0.2, 0) is 0 Å². The van der Waals surface area contributed by atoms with Gasteiger partial charge in [0.25, 0.3) is 0 Å². The third kappa shape index (κ3) is 2.30. The lowest BCUT2D eigenvalue weighted by atomic mass is 10.1. The number of alkyl halides is 1. The fraction of sp³-hybridized carbons (Fsp3) is 0.333. The molecule has 0 spiro atoms. The Labute approximate surface area is 66.3 Å². The van der Waals surface area contributed by atoms with Crippen LogP contribution >= 0.6 is 0 Å². The molecule has 0 amide bonds. The number of pyridine rings is 1. The van der Waals surface area contributed by atoms with Crippen molar-refractivity contribution in [3.8, 4) is 0 Å². The Kier molecular flexibility index (Phi) is 3.02. The zero-order valence-electron chi connectivity index (χ0n) is 6.33. The molecule has 11 heavy (non-hydrogen) atoms. The standard InChI is InChI=1S/C9H11FN/c1-2-3-9(10)8-4-6-11-7-5-8/h4-7,9H,1-3H2. The molecular weight excluding hydrogens is 141 g/mol. The fourth-order valence-electron chi connectivity index (χ4n) is 0.918. The summed E-state index contributed by atoms with van der Waals surface area (Å²) in [5.74, 6) is 0. The van der Waals surface area contributed by atoms with E-state index in [-0.39, 0.29) is 0 Å². The molecule has 0 saturated carbocycles. The first-order valence-electron chi connectivity index (χ1n) is 3.68. The molecule has 1 aromatic rings. The first-order chi connectivity index (χ1) is 5.34. The summed E-state index contributed by atoms with van der Waals surface area (Å²) in [6.45, 7) is 3.60. The zero-order chi connectivity index (χ0) is 8.10. The van der Waals surface area contributed by atoms with E-state index in [4.69, 9.17) is 0 Å². The minimum Gasteiger partial charge on any atom is -0.265 e. The summed E-state index contributed by atoms with van der Waals surface area (Å²) in [5.41, 5.74) is 0.698. The Balaban J connectivity index is 2.61. The predicted octanol–water partition coefficient (Wildman–Crippen LogP) is 2.71. The van der Waals surface area contributed by atoms with E-state index in [1.807, 2.05) is 0 Å². The van der Waals surface area contributed by atoms with Gasteiger partial charge in [0.1, 0.15) is 6.17 Å². The Morgan fingerprint density at radius 2 is 2.09 bits per heavy atom. The smallest absolute Gasteiger partial charge is 0.125 e. The van der Waals surface area contributed by atoms with Gasteiger partial charge in [-0.2, -0.15) is 0 Å². The Hall–Kier alpha value is -0.920. The highest BCUT2D eigenvalue weighted by molar-refractivity contribution is 5.12. The van der Waals surface area contributed by atoms with Gasteiger partial charge in [-0.3, -0.25) is 4.98 Å². The first kappa shape index (κ1) is 8.18. The molecule has 1 nitrogen and oxygen atoms in total. The third-order valence-corrected chi connectivity index (χ3v) is 1.53. The number of nitrogens with zero attached hydrogens (tertiary/aromatic N) is 1. The van der Waals surface area contributed by atoms with Crippen LogP contribution in [-0.4, -0.2) is 4.98 Å². The quantitative estimate of drug-likeness (QED) is 0.649. The zero-order valence-corrected chi connectivity index (χ0v) is 6.33. The van der Waals surface area contributed by atoms with Crippen molar-refractivity contribution in [2.75, 3.05) is 0 Å². The van der Waals surface area contributed by atoms with Crippen molar-refractivity contribution in [3.05, 3.63) is 37.0 Å². The third-order valence-electron chi connectivity index (χ3n) is 1.53. The Bertz CT molecular complexity index is 198. The molecule has 0 aliphatic rings. The second-order valence-electron chi connectivity index (χ2n) is 2.39. The van der Waals surface area contributed by atoms with Crippen LogP contribution in [0.2, 0.25) is 0 Å². The van der Waals surface area contributed by atoms with Gasteiger partial charge in [0.15, 0.2) is 0 Å². The molecule has 1 aromatic heterocycles. The molecule has 0 aliphatic carbocycles. The molecule has 59 valence electrons. The Morgan fingerprint density at radius 1 is 1.45 bits per heavy atom. The van der Waals surface area contributed by atoms with Gasteiger partial charge < -0.3 is 0 Å². The lowest BCUT2D eigenvalue weighted by Crippen LogP contribution is -1.90. The van der Waals surface area contributed by atoms with E-state index in [2.05, 4.69) is 11.9 Å². The van der Waals surface area contributed by atoms with Crippen molar-refractivity contribution in [2.24, 2.45) is 0 Å². The van der Waals surface area contributed by atoms with Gasteiger partial charge in [0.2, 0.25) is 0 Å². The minimum absolute atomic E-state index is 0.490. The normalized spacial score (nSPS) is 12.9. The molecule has 1 heterocycles. The largest absolute Gasteiger partial charge is 0.265 e. The van der Waals surface area contributed by atoms with Gasteiger partial charge in [0, 0.05) is 12.4 Å². The van der Waals surface area contributed by atoms with E-state index in [0.29, 0.717) is 18.4 Å². The number of aromatic nitrogens is 1. The van der Waals surface area contributed by atoms with Gasteiger partial charge in [-0.15, -0.1) is 0 Å². The Morgan fingerprint density at radius 3 is 2.64 bits per heavy atom. The number of rotatable bonds is 3. The lowest BCUT2D eigenvalue weighted by Gasteiger charge is -2.04. The number of hydrogen-bond donors (Lipinski definition) is 0. The van der Waals surface area contributed by atoms with Crippen LogP contribution in [0.3, 0.4) is 0 Å². The highest BCUT2D eigenvalue weighted by Crippen LogP contribution is 2.20. The lowest BCUT2D eigenvalue weighted by molar-refractivity contribution is 0.325. The number of hydrogen-bond acceptors (Lipinski definition) is 1. The van der Waals surface area contributed by atoms with Crippen LogP contribution in [0.25, 0.3) is 0 Å². The molecule has 1 rings (SSSR count). The number of halogens is 1.